The molecule has 1 amide bonds. The number of ether oxygens (including phenoxy) is 2. The standard InChI is InChI=1S/C18H21NO4/c1-12-16(8-9-23-12)18(20)19(14-4-5-14)11-13-10-15(21-2)6-7-17(13)22-3/h6-10,14H,4-5,11H2,1-3H3. The highest BCUT2D eigenvalue weighted by molar-refractivity contribution is 5.95. The number of rotatable bonds is 6. The van der Waals surface area contributed by atoms with Crippen LogP contribution >= 0.6 is 0 Å². The molecule has 0 saturated heterocycles. The molecule has 0 N–H and O–H groups in total. The molecular weight excluding hydrogens is 294 g/mol. The van der Waals surface area contributed by atoms with Crippen molar-refractivity contribution in [2.24, 2.45) is 0 Å². The van der Waals surface area contributed by atoms with Crippen LogP contribution in [0, 0.1) is 6.92 Å². The highest BCUT2D eigenvalue weighted by Crippen LogP contribution is 2.33. The van der Waals surface area contributed by atoms with E-state index in [0.717, 1.165) is 29.9 Å². The molecule has 2 aromatic rings. The molecule has 1 aromatic heterocycles. The molecule has 1 aliphatic rings. The predicted molar refractivity (Wildman–Crippen MR) is 85.9 cm³/mol. The van der Waals surface area contributed by atoms with Crippen molar-refractivity contribution in [1.29, 1.82) is 0 Å². The highest BCUT2D eigenvalue weighted by atomic mass is 16.5. The largest absolute Gasteiger partial charge is 0.497 e. The van der Waals surface area contributed by atoms with Crippen LogP contribution in [-0.4, -0.2) is 31.1 Å². The van der Waals surface area contributed by atoms with Gasteiger partial charge in [0.1, 0.15) is 17.3 Å². The summed E-state index contributed by atoms with van der Waals surface area (Å²) in [6, 6.07) is 7.66. The predicted octanol–water partition coefficient (Wildman–Crippen LogP) is 3.41. The molecule has 0 unspecified atom stereocenters. The van der Waals surface area contributed by atoms with Gasteiger partial charge in [0.15, 0.2) is 0 Å². The van der Waals surface area contributed by atoms with Gasteiger partial charge in [-0.1, -0.05) is 0 Å². The summed E-state index contributed by atoms with van der Waals surface area (Å²) in [5.41, 5.74) is 1.56. The molecule has 5 nitrogen and oxygen atoms in total. The maximum absolute atomic E-state index is 12.9. The third-order valence-electron chi connectivity index (χ3n) is 4.17. The van der Waals surface area contributed by atoms with Gasteiger partial charge in [-0.15, -0.1) is 0 Å². The maximum atomic E-state index is 12.9. The lowest BCUT2D eigenvalue weighted by atomic mass is 10.1. The zero-order chi connectivity index (χ0) is 16.4. The van der Waals surface area contributed by atoms with Crippen LogP contribution < -0.4 is 9.47 Å². The number of furan rings is 1. The van der Waals surface area contributed by atoms with E-state index < -0.39 is 0 Å². The minimum Gasteiger partial charge on any atom is -0.497 e. The summed E-state index contributed by atoms with van der Waals surface area (Å²) < 4.78 is 16.0. The number of benzene rings is 1. The summed E-state index contributed by atoms with van der Waals surface area (Å²) in [4.78, 5) is 14.8. The van der Waals surface area contributed by atoms with Gasteiger partial charge in [0.25, 0.3) is 5.91 Å². The summed E-state index contributed by atoms with van der Waals surface area (Å²) >= 11 is 0. The first kappa shape index (κ1) is 15.5. The molecule has 5 heteroatoms. The number of amides is 1. The summed E-state index contributed by atoms with van der Waals surface area (Å²) in [5.74, 6) is 2.17. The normalized spacial score (nSPS) is 13.7. The number of hydrogen-bond acceptors (Lipinski definition) is 4. The second-order valence-corrected chi connectivity index (χ2v) is 5.73. The summed E-state index contributed by atoms with van der Waals surface area (Å²) in [6.07, 6.45) is 3.63. The van der Waals surface area contributed by atoms with Crippen LogP contribution in [0.5, 0.6) is 11.5 Å². The lowest BCUT2D eigenvalue weighted by molar-refractivity contribution is 0.0727. The van der Waals surface area contributed by atoms with E-state index in [2.05, 4.69) is 0 Å². The van der Waals surface area contributed by atoms with Crippen LogP contribution in [0.1, 0.15) is 34.5 Å². The average Bonchev–Trinajstić information content (AvgIpc) is 3.32. The highest BCUT2D eigenvalue weighted by Gasteiger charge is 2.34. The van der Waals surface area contributed by atoms with E-state index in [4.69, 9.17) is 13.9 Å². The maximum Gasteiger partial charge on any atom is 0.257 e. The summed E-state index contributed by atoms with van der Waals surface area (Å²) in [6.45, 7) is 2.30. The second kappa shape index (κ2) is 6.36. The Morgan fingerprint density at radius 3 is 2.61 bits per heavy atom. The van der Waals surface area contributed by atoms with Crippen LogP contribution in [0.2, 0.25) is 0 Å². The molecule has 0 spiro atoms. The van der Waals surface area contributed by atoms with Gasteiger partial charge < -0.3 is 18.8 Å². The van der Waals surface area contributed by atoms with Crippen LogP contribution in [-0.2, 0) is 6.54 Å². The topological polar surface area (TPSA) is 51.9 Å². The van der Waals surface area contributed by atoms with Gasteiger partial charge >= 0.3 is 0 Å². The van der Waals surface area contributed by atoms with E-state index in [1.807, 2.05) is 30.0 Å². The molecule has 122 valence electrons. The number of carbonyl (C=O) groups is 1. The first-order valence-electron chi connectivity index (χ1n) is 7.70. The van der Waals surface area contributed by atoms with Crippen LogP contribution in [0.25, 0.3) is 0 Å². The van der Waals surface area contributed by atoms with E-state index >= 15 is 0 Å². The zero-order valence-corrected chi connectivity index (χ0v) is 13.7. The van der Waals surface area contributed by atoms with Crippen LogP contribution in [0.3, 0.4) is 0 Å². The molecule has 23 heavy (non-hydrogen) atoms. The molecule has 1 aliphatic carbocycles. The van der Waals surface area contributed by atoms with Crippen molar-refractivity contribution < 1.29 is 18.7 Å². The van der Waals surface area contributed by atoms with Gasteiger partial charge in [0.05, 0.1) is 32.6 Å². The smallest absolute Gasteiger partial charge is 0.257 e. The Bertz CT molecular complexity index is 703. The second-order valence-electron chi connectivity index (χ2n) is 5.73. The fourth-order valence-corrected chi connectivity index (χ4v) is 2.70. The van der Waals surface area contributed by atoms with Gasteiger partial charge in [-0.2, -0.15) is 0 Å². The molecule has 0 radical (unpaired) electrons. The number of methoxy groups -OCH3 is 2. The number of carbonyl (C=O) groups excluding carboxylic acids is 1. The van der Waals surface area contributed by atoms with E-state index in [0.29, 0.717) is 17.9 Å². The minimum absolute atomic E-state index is 0.00335. The quantitative estimate of drug-likeness (QED) is 0.820. The molecular formula is C18H21NO4. The monoisotopic (exact) mass is 315 g/mol. The third-order valence-corrected chi connectivity index (χ3v) is 4.17. The Hall–Kier alpha value is -2.43. The third kappa shape index (κ3) is 3.18. The Labute approximate surface area is 135 Å². The van der Waals surface area contributed by atoms with Crippen molar-refractivity contribution in [2.75, 3.05) is 14.2 Å². The Kier molecular flexibility index (Phi) is 4.28. The van der Waals surface area contributed by atoms with Gasteiger partial charge in [-0.3, -0.25) is 4.79 Å². The Balaban J connectivity index is 1.89. The van der Waals surface area contributed by atoms with Gasteiger partial charge in [-0.25, -0.2) is 0 Å². The Morgan fingerprint density at radius 1 is 1.26 bits per heavy atom. The molecule has 1 heterocycles. The zero-order valence-electron chi connectivity index (χ0n) is 13.7. The van der Waals surface area contributed by atoms with E-state index in [-0.39, 0.29) is 11.9 Å². The van der Waals surface area contributed by atoms with E-state index in [9.17, 15) is 4.79 Å². The lowest BCUT2D eigenvalue weighted by Crippen LogP contribution is -2.32. The molecule has 1 aromatic carbocycles. The lowest BCUT2D eigenvalue weighted by Gasteiger charge is -2.23. The van der Waals surface area contributed by atoms with Crippen molar-refractivity contribution in [1.82, 2.24) is 4.90 Å². The molecule has 1 fully saturated rings. The Morgan fingerprint density at radius 2 is 2.04 bits per heavy atom. The molecule has 0 bridgehead atoms. The summed E-state index contributed by atoms with van der Waals surface area (Å²) in [7, 11) is 3.26. The first-order valence-corrected chi connectivity index (χ1v) is 7.70. The van der Waals surface area contributed by atoms with Crippen LogP contribution in [0.4, 0.5) is 0 Å². The van der Waals surface area contributed by atoms with Gasteiger partial charge in [0.2, 0.25) is 0 Å². The van der Waals surface area contributed by atoms with Crippen molar-refractivity contribution >= 4 is 5.91 Å². The van der Waals surface area contributed by atoms with E-state index in [1.165, 1.54) is 0 Å². The number of aryl methyl sites for hydroxylation is 1. The van der Waals surface area contributed by atoms with Gasteiger partial charge in [0, 0.05) is 11.6 Å². The SMILES string of the molecule is COc1ccc(OC)c(CN(C(=O)c2ccoc2C)C2CC2)c1. The van der Waals surface area contributed by atoms with Crippen molar-refractivity contribution in [3.63, 3.8) is 0 Å². The number of hydrogen-bond donors (Lipinski definition) is 0. The van der Waals surface area contributed by atoms with E-state index in [1.54, 1.807) is 26.5 Å². The minimum atomic E-state index is 0.00335. The van der Waals surface area contributed by atoms with Crippen LogP contribution in [0.15, 0.2) is 34.9 Å². The summed E-state index contributed by atoms with van der Waals surface area (Å²) in [5, 5.41) is 0. The number of nitrogens with zero attached hydrogens (tertiary/aromatic N) is 1. The molecule has 3 rings (SSSR count). The average molecular weight is 315 g/mol. The fraction of sp³-hybridized carbons (Fsp3) is 0.389. The molecule has 1 saturated carbocycles. The molecule has 0 atom stereocenters. The van der Waals surface area contributed by atoms with Crippen molar-refractivity contribution in [3.8, 4) is 11.5 Å². The first-order chi connectivity index (χ1) is 11.1. The van der Waals surface area contributed by atoms with Crippen molar-refractivity contribution in [2.45, 2.75) is 32.4 Å². The fourth-order valence-electron chi connectivity index (χ4n) is 2.70. The van der Waals surface area contributed by atoms with Gasteiger partial charge in [-0.05, 0) is 44.0 Å². The van der Waals surface area contributed by atoms with Crippen molar-refractivity contribution in [3.05, 3.63) is 47.4 Å². The molecule has 0 aliphatic heterocycles.